The first-order valence-corrected chi connectivity index (χ1v) is 7.53. The van der Waals surface area contributed by atoms with Gasteiger partial charge in [-0.1, -0.05) is 38.1 Å². The van der Waals surface area contributed by atoms with Gasteiger partial charge in [0.15, 0.2) is 0 Å². The highest BCUT2D eigenvalue weighted by Gasteiger charge is 2.15. The minimum absolute atomic E-state index is 0.0394. The average molecular weight is 275 g/mol. The maximum atomic E-state index is 12.0. The summed E-state index contributed by atoms with van der Waals surface area (Å²) in [5.74, 6) is 0.597. The van der Waals surface area contributed by atoms with Crippen molar-refractivity contribution in [2.75, 3.05) is 26.2 Å². The minimum Gasteiger partial charge on any atom is -0.334 e. The summed E-state index contributed by atoms with van der Waals surface area (Å²) < 4.78 is 0. The molecule has 110 valence electrons. The van der Waals surface area contributed by atoms with E-state index in [1.54, 1.807) is 0 Å². The van der Waals surface area contributed by atoms with Gasteiger partial charge in [0.1, 0.15) is 0 Å². The predicted molar refractivity (Wildman–Crippen MR) is 81.8 cm³/mol. The van der Waals surface area contributed by atoms with Crippen LogP contribution in [0.3, 0.4) is 0 Å². The summed E-state index contributed by atoms with van der Waals surface area (Å²) in [7, 11) is 0. The summed E-state index contributed by atoms with van der Waals surface area (Å²) in [5, 5.41) is 6.23. The summed E-state index contributed by atoms with van der Waals surface area (Å²) in [5.41, 5.74) is 2.52. The molecule has 1 heterocycles. The van der Waals surface area contributed by atoms with Gasteiger partial charge in [0.05, 0.1) is 0 Å². The van der Waals surface area contributed by atoms with E-state index in [0.29, 0.717) is 12.5 Å². The van der Waals surface area contributed by atoms with Gasteiger partial charge in [-0.3, -0.25) is 0 Å². The molecule has 1 saturated heterocycles. The number of urea groups is 1. The number of carbonyl (C=O) groups is 1. The van der Waals surface area contributed by atoms with Gasteiger partial charge >= 0.3 is 6.03 Å². The standard InChI is InChI=1S/C16H25N3O/c1-3-13(2)15-6-4-14(5-7-15)12-18-16(20)19-10-8-17-9-11-19/h4-7,13,17H,3,8-12H2,1-2H3,(H,18,20). The van der Waals surface area contributed by atoms with Crippen LogP contribution in [-0.4, -0.2) is 37.1 Å². The van der Waals surface area contributed by atoms with E-state index >= 15 is 0 Å². The van der Waals surface area contributed by atoms with Crippen LogP contribution >= 0.6 is 0 Å². The molecule has 2 N–H and O–H groups in total. The average Bonchev–Trinajstić information content (AvgIpc) is 2.53. The Morgan fingerprint density at radius 1 is 1.30 bits per heavy atom. The molecular formula is C16H25N3O. The van der Waals surface area contributed by atoms with Gasteiger partial charge in [0, 0.05) is 32.7 Å². The fourth-order valence-electron chi connectivity index (χ4n) is 2.36. The number of amides is 2. The molecule has 1 aliphatic rings. The number of nitrogens with zero attached hydrogens (tertiary/aromatic N) is 1. The lowest BCUT2D eigenvalue weighted by molar-refractivity contribution is 0.190. The smallest absolute Gasteiger partial charge is 0.317 e. The number of benzene rings is 1. The number of hydrogen-bond acceptors (Lipinski definition) is 2. The third-order valence-electron chi connectivity index (χ3n) is 4.01. The van der Waals surface area contributed by atoms with Crippen LogP contribution < -0.4 is 10.6 Å². The molecule has 0 spiro atoms. The number of nitrogens with one attached hydrogen (secondary N) is 2. The molecule has 0 saturated carbocycles. The predicted octanol–water partition coefficient (Wildman–Crippen LogP) is 2.31. The van der Waals surface area contributed by atoms with Crippen LogP contribution in [0.1, 0.15) is 37.3 Å². The Morgan fingerprint density at radius 3 is 2.55 bits per heavy atom. The Hall–Kier alpha value is -1.55. The maximum Gasteiger partial charge on any atom is 0.317 e. The van der Waals surface area contributed by atoms with Crippen LogP contribution in [0.2, 0.25) is 0 Å². The molecule has 2 rings (SSSR count). The lowest BCUT2D eigenvalue weighted by Gasteiger charge is -2.27. The van der Waals surface area contributed by atoms with E-state index in [-0.39, 0.29) is 6.03 Å². The van der Waals surface area contributed by atoms with Crippen LogP contribution in [0.15, 0.2) is 24.3 Å². The van der Waals surface area contributed by atoms with Crippen molar-refractivity contribution in [2.24, 2.45) is 0 Å². The highest BCUT2D eigenvalue weighted by molar-refractivity contribution is 5.74. The SMILES string of the molecule is CCC(C)c1ccc(CNC(=O)N2CCNCC2)cc1. The van der Waals surface area contributed by atoms with Gasteiger partial charge in [-0.2, -0.15) is 0 Å². The molecule has 4 heteroatoms. The van der Waals surface area contributed by atoms with Gasteiger partial charge in [-0.05, 0) is 23.5 Å². The molecule has 1 aliphatic heterocycles. The van der Waals surface area contributed by atoms with E-state index in [4.69, 9.17) is 0 Å². The Bertz CT molecular complexity index is 424. The largest absolute Gasteiger partial charge is 0.334 e. The van der Waals surface area contributed by atoms with Crippen molar-refractivity contribution < 1.29 is 4.79 Å². The van der Waals surface area contributed by atoms with Gasteiger partial charge in [0.2, 0.25) is 0 Å². The highest BCUT2D eigenvalue weighted by atomic mass is 16.2. The number of piperazine rings is 1. The summed E-state index contributed by atoms with van der Waals surface area (Å²) in [6.07, 6.45) is 1.15. The molecule has 0 aromatic heterocycles. The lowest BCUT2D eigenvalue weighted by Crippen LogP contribution is -2.50. The van der Waals surface area contributed by atoms with Gasteiger partial charge in [0.25, 0.3) is 0 Å². The third kappa shape index (κ3) is 3.97. The number of rotatable bonds is 4. The van der Waals surface area contributed by atoms with Crippen LogP contribution in [0.25, 0.3) is 0 Å². The van der Waals surface area contributed by atoms with E-state index in [1.807, 2.05) is 4.90 Å². The first-order valence-electron chi connectivity index (χ1n) is 7.53. The Balaban J connectivity index is 1.82. The first-order chi connectivity index (χ1) is 9.70. The summed E-state index contributed by atoms with van der Waals surface area (Å²) in [6.45, 7) is 8.39. The molecule has 1 fully saturated rings. The van der Waals surface area contributed by atoms with Crippen LogP contribution in [0.5, 0.6) is 0 Å². The van der Waals surface area contributed by atoms with Crippen LogP contribution in [0.4, 0.5) is 4.79 Å². The van der Waals surface area contributed by atoms with E-state index in [2.05, 4.69) is 48.7 Å². The first kappa shape index (κ1) is 14.9. The second-order valence-corrected chi connectivity index (χ2v) is 5.45. The quantitative estimate of drug-likeness (QED) is 0.885. The van der Waals surface area contributed by atoms with Crippen molar-refractivity contribution in [3.8, 4) is 0 Å². The Labute approximate surface area is 121 Å². The zero-order chi connectivity index (χ0) is 14.4. The highest BCUT2D eigenvalue weighted by Crippen LogP contribution is 2.18. The van der Waals surface area contributed by atoms with E-state index < -0.39 is 0 Å². The van der Waals surface area contributed by atoms with Crippen molar-refractivity contribution in [3.05, 3.63) is 35.4 Å². The molecule has 4 nitrogen and oxygen atoms in total. The van der Waals surface area contributed by atoms with E-state index in [0.717, 1.165) is 38.2 Å². The lowest BCUT2D eigenvalue weighted by atomic mass is 9.98. The molecule has 0 radical (unpaired) electrons. The zero-order valence-electron chi connectivity index (χ0n) is 12.5. The molecule has 2 amide bonds. The van der Waals surface area contributed by atoms with E-state index in [9.17, 15) is 4.79 Å². The number of hydrogen-bond donors (Lipinski definition) is 2. The van der Waals surface area contributed by atoms with Crippen molar-refractivity contribution in [1.29, 1.82) is 0 Å². The van der Waals surface area contributed by atoms with Crippen molar-refractivity contribution in [3.63, 3.8) is 0 Å². The van der Waals surface area contributed by atoms with E-state index in [1.165, 1.54) is 5.56 Å². The fraction of sp³-hybridized carbons (Fsp3) is 0.562. The summed E-state index contributed by atoms with van der Waals surface area (Å²) >= 11 is 0. The van der Waals surface area contributed by atoms with Gasteiger partial charge < -0.3 is 15.5 Å². The number of carbonyl (C=O) groups excluding carboxylic acids is 1. The Kier molecular flexibility index (Phi) is 5.41. The molecule has 1 aromatic carbocycles. The summed E-state index contributed by atoms with van der Waals surface area (Å²) in [4.78, 5) is 13.8. The molecule has 1 aromatic rings. The second-order valence-electron chi connectivity index (χ2n) is 5.45. The fourth-order valence-corrected chi connectivity index (χ4v) is 2.36. The summed E-state index contributed by atoms with van der Waals surface area (Å²) in [6, 6.07) is 8.59. The maximum absolute atomic E-state index is 12.0. The topological polar surface area (TPSA) is 44.4 Å². The molecular weight excluding hydrogens is 250 g/mol. The second kappa shape index (κ2) is 7.29. The van der Waals surface area contributed by atoms with Crippen LogP contribution in [0, 0.1) is 0 Å². The van der Waals surface area contributed by atoms with Crippen LogP contribution in [-0.2, 0) is 6.54 Å². The molecule has 0 aliphatic carbocycles. The van der Waals surface area contributed by atoms with Gasteiger partial charge in [-0.15, -0.1) is 0 Å². The van der Waals surface area contributed by atoms with Gasteiger partial charge in [-0.25, -0.2) is 4.79 Å². The van der Waals surface area contributed by atoms with Crippen molar-refractivity contribution in [1.82, 2.24) is 15.5 Å². The molecule has 1 atom stereocenters. The molecule has 1 unspecified atom stereocenters. The minimum atomic E-state index is 0.0394. The zero-order valence-corrected chi connectivity index (χ0v) is 12.5. The van der Waals surface area contributed by atoms with Crippen molar-refractivity contribution >= 4 is 6.03 Å². The third-order valence-corrected chi connectivity index (χ3v) is 4.01. The molecule has 0 bridgehead atoms. The normalized spacial score (nSPS) is 16.8. The monoisotopic (exact) mass is 275 g/mol. The Morgan fingerprint density at radius 2 is 1.95 bits per heavy atom. The molecule has 20 heavy (non-hydrogen) atoms. The van der Waals surface area contributed by atoms with Crippen molar-refractivity contribution in [2.45, 2.75) is 32.7 Å².